The molecule has 4 rings (SSSR count). The van der Waals surface area contributed by atoms with Crippen molar-refractivity contribution in [2.45, 2.75) is 39.5 Å². The van der Waals surface area contributed by atoms with Crippen molar-refractivity contribution in [2.24, 2.45) is 0 Å². The molecule has 136 valence electrons. The van der Waals surface area contributed by atoms with Gasteiger partial charge in [-0.25, -0.2) is 4.68 Å². The van der Waals surface area contributed by atoms with Gasteiger partial charge in [-0.15, -0.1) is 11.3 Å². The van der Waals surface area contributed by atoms with Crippen molar-refractivity contribution >= 4 is 35.2 Å². The van der Waals surface area contributed by atoms with E-state index in [2.05, 4.69) is 27.8 Å². The van der Waals surface area contributed by atoms with E-state index >= 15 is 0 Å². The highest BCUT2D eigenvalue weighted by Crippen LogP contribution is 2.25. The van der Waals surface area contributed by atoms with Crippen LogP contribution in [0.1, 0.15) is 23.8 Å². The highest BCUT2D eigenvalue weighted by molar-refractivity contribution is 7.71. The van der Waals surface area contributed by atoms with Crippen LogP contribution in [0.4, 0.5) is 0 Å². The summed E-state index contributed by atoms with van der Waals surface area (Å²) in [5.74, 6) is 0.918. The highest BCUT2D eigenvalue weighted by Gasteiger charge is 2.19. The van der Waals surface area contributed by atoms with E-state index in [0.29, 0.717) is 0 Å². The number of nitrogens with zero attached hydrogens (tertiary/aromatic N) is 4. The molecule has 0 spiro atoms. The van der Waals surface area contributed by atoms with Crippen LogP contribution >= 0.6 is 35.2 Å². The van der Waals surface area contributed by atoms with E-state index in [9.17, 15) is 0 Å². The second-order valence-corrected chi connectivity index (χ2v) is 8.38. The second kappa shape index (κ2) is 7.64. The number of aromatic nitrogens is 3. The van der Waals surface area contributed by atoms with Crippen LogP contribution in [0.15, 0.2) is 35.7 Å². The zero-order valence-electron chi connectivity index (χ0n) is 14.7. The molecule has 0 fully saturated rings. The molecule has 1 aliphatic rings. The highest BCUT2D eigenvalue weighted by atomic mass is 35.5. The van der Waals surface area contributed by atoms with E-state index in [1.807, 2.05) is 40.3 Å². The van der Waals surface area contributed by atoms with Crippen molar-refractivity contribution in [1.29, 1.82) is 0 Å². The third kappa shape index (κ3) is 3.51. The molecule has 0 saturated heterocycles. The lowest BCUT2D eigenvalue weighted by atomic mass is 10.1. The van der Waals surface area contributed by atoms with Crippen molar-refractivity contribution in [2.75, 3.05) is 6.54 Å². The molecule has 7 heteroatoms. The summed E-state index contributed by atoms with van der Waals surface area (Å²) in [6, 6.07) is 10.1. The maximum absolute atomic E-state index is 6.04. The molecule has 3 aromatic rings. The molecule has 3 heterocycles. The molecule has 0 bridgehead atoms. The van der Waals surface area contributed by atoms with Gasteiger partial charge in [0, 0.05) is 35.1 Å². The maximum atomic E-state index is 6.04. The molecule has 0 amide bonds. The lowest BCUT2D eigenvalue weighted by Crippen LogP contribution is -2.32. The average Bonchev–Trinajstić information content (AvgIpc) is 3.22. The minimum absolute atomic E-state index is 0.728. The molecule has 0 atom stereocenters. The summed E-state index contributed by atoms with van der Waals surface area (Å²) in [4.78, 5) is 3.93. The van der Waals surface area contributed by atoms with Gasteiger partial charge in [0.25, 0.3) is 0 Å². The first-order valence-corrected chi connectivity index (χ1v) is 10.5. The van der Waals surface area contributed by atoms with E-state index in [-0.39, 0.29) is 0 Å². The smallest absolute Gasteiger partial charge is 0.199 e. The van der Waals surface area contributed by atoms with Gasteiger partial charge in [0.15, 0.2) is 10.6 Å². The first kappa shape index (κ1) is 17.9. The Morgan fingerprint density at radius 2 is 2.04 bits per heavy atom. The van der Waals surface area contributed by atoms with E-state index in [1.165, 1.54) is 10.4 Å². The first-order chi connectivity index (χ1) is 12.7. The Morgan fingerprint density at radius 3 is 2.81 bits per heavy atom. The van der Waals surface area contributed by atoms with Gasteiger partial charge in [0.05, 0.1) is 6.67 Å². The SMILES string of the molecule is CCCn1c(-c2ccc(Cl)cc2)nn(CN2CCc3sccc3C2)c1=S. The molecule has 0 radical (unpaired) electrons. The molecule has 1 aromatic carbocycles. The molecular formula is C19H21ClN4S2. The number of fused-ring (bicyclic) bond motifs is 1. The van der Waals surface area contributed by atoms with Gasteiger partial charge in [-0.3, -0.25) is 9.47 Å². The zero-order chi connectivity index (χ0) is 18.1. The van der Waals surface area contributed by atoms with Crippen LogP contribution in [-0.2, 0) is 26.2 Å². The summed E-state index contributed by atoms with van der Waals surface area (Å²) in [6.07, 6.45) is 2.13. The fourth-order valence-corrected chi connectivity index (χ4v) is 4.68. The van der Waals surface area contributed by atoms with Crippen LogP contribution in [0.25, 0.3) is 11.4 Å². The minimum atomic E-state index is 0.728. The van der Waals surface area contributed by atoms with Crippen molar-refractivity contribution in [3.05, 3.63) is 55.9 Å². The number of rotatable bonds is 5. The fraction of sp³-hybridized carbons (Fsp3) is 0.368. The Hall–Kier alpha value is -1.47. The van der Waals surface area contributed by atoms with E-state index < -0.39 is 0 Å². The second-order valence-electron chi connectivity index (χ2n) is 6.58. The monoisotopic (exact) mass is 404 g/mol. The van der Waals surface area contributed by atoms with Crippen LogP contribution < -0.4 is 0 Å². The Bertz CT molecular complexity index is 955. The molecular weight excluding hydrogens is 384 g/mol. The third-order valence-corrected chi connectivity index (χ3v) is 6.40. The molecule has 0 aliphatic carbocycles. The molecule has 0 N–H and O–H groups in total. The van der Waals surface area contributed by atoms with Crippen molar-refractivity contribution in [3.8, 4) is 11.4 Å². The number of thiophene rings is 1. The van der Waals surface area contributed by atoms with Gasteiger partial charge in [0.1, 0.15) is 0 Å². The van der Waals surface area contributed by atoms with Crippen molar-refractivity contribution < 1.29 is 0 Å². The lowest BCUT2D eigenvalue weighted by Gasteiger charge is -2.26. The number of hydrogen-bond acceptors (Lipinski definition) is 4. The Balaban J connectivity index is 1.63. The quantitative estimate of drug-likeness (QED) is 0.545. The van der Waals surface area contributed by atoms with Crippen LogP contribution in [0, 0.1) is 4.77 Å². The molecule has 0 saturated carbocycles. The molecule has 4 nitrogen and oxygen atoms in total. The van der Waals surface area contributed by atoms with Gasteiger partial charge < -0.3 is 0 Å². The van der Waals surface area contributed by atoms with Crippen LogP contribution in [0.2, 0.25) is 5.02 Å². The van der Waals surface area contributed by atoms with Gasteiger partial charge in [-0.2, -0.15) is 5.10 Å². The number of hydrogen-bond donors (Lipinski definition) is 0. The third-order valence-electron chi connectivity index (χ3n) is 4.69. The standard InChI is InChI=1S/C19H21ClN4S2/c1-2-9-23-18(14-3-5-16(20)6-4-14)21-24(19(23)25)13-22-10-7-17-15(12-22)8-11-26-17/h3-6,8,11H,2,7,9-10,12-13H2,1H3. The minimum Gasteiger partial charge on any atom is -0.300 e. The summed E-state index contributed by atoms with van der Waals surface area (Å²) in [5.41, 5.74) is 2.49. The number of halogens is 1. The fourth-order valence-electron chi connectivity index (χ4n) is 3.39. The van der Waals surface area contributed by atoms with Gasteiger partial charge in [-0.05, 0) is 66.3 Å². The lowest BCUT2D eigenvalue weighted by molar-refractivity contribution is 0.189. The normalized spacial score (nSPS) is 14.5. The van der Waals surface area contributed by atoms with Gasteiger partial charge >= 0.3 is 0 Å². The maximum Gasteiger partial charge on any atom is 0.199 e. The van der Waals surface area contributed by atoms with Gasteiger partial charge in [-0.1, -0.05) is 18.5 Å². The average molecular weight is 405 g/mol. The van der Waals surface area contributed by atoms with Crippen molar-refractivity contribution in [1.82, 2.24) is 19.2 Å². The molecule has 0 unspecified atom stereocenters. The predicted molar refractivity (Wildman–Crippen MR) is 110 cm³/mol. The van der Waals surface area contributed by atoms with Crippen LogP contribution in [0.5, 0.6) is 0 Å². The summed E-state index contributed by atoms with van der Waals surface area (Å²) < 4.78 is 4.89. The molecule has 26 heavy (non-hydrogen) atoms. The molecule has 1 aliphatic heterocycles. The Labute approximate surface area is 167 Å². The van der Waals surface area contributed by atoms with Gasteiger partial charge in [0.2, 0.25) is 0 Å². The van der Waals surface area contributed by atoms with Crippen LogP contribution in [0.3, 0.4) is 0 Å². The van der Waals surface area contributed by atoms with E-state index in [0.717, 1.165) is 60.3 Å². The summed E-state index contributed by atoms with van der Waals surface area (Å²) in [7, 11) is 0. The summed E-state index contributed by atoms with van der Waals surface area (Å²) >= 11 is 13.6. The molecule has 2 aromatic heterocycles. The Morgan fingerprint density at radius 1 is 1.23 bits per heavy atom. The summed E-state index contributed by atoms with van der Waals surface area (Å²) in [5, 5.41) is 7.78. The van der Waals surface area contributed by atoms with Crippen LogP contribution in [-0.4, -0.2) is 25.8 Å². The Kier molecular flexibility index (Phi) is 5.27. The predicted octanol–water partition coefficient (Wildman–Crippen LogP) is 5.22. The zero-order valence-corrected chi connectivity index (χ0v) is 17.1. The van der Waals surface area contributed by atoms with E-state index in [1.54, 1.807) is 0 Å². The number of benzene rings is 1. The first-order valence-electron chi connectivity index (χ1n) is 8.87. The van der Waals surface area contributed by atoms with Crippen molar-refractivity contribution in [3.63, 3.8) is 0 Å². The summed E-state index contributed by atoms with van der Waals surface area (Å²) in [6.45, 7) is 5.77. The topological polar surface area (TPSA) is 26.0 Å². The van der Waals surface area contributed by atoms with E-state index in [4.69, 9.17) is 28.9 Å². The largest absolute Gasteiger partial charge is 0.300 e.